The Kier molecular flexibility index (Phi) is 3.20. The van der Waals surface area contributed by atoms with Crippen LogP contribution in [0.25, 0.3) is 0 Å². The van der Waals surface area contributed by atoms with Crippen LogP contribution >= 0.6 is 0 Å². The van der Waals surface area contributed by atoms with Gasteiger partial charge in [-0.15, -0.1) is 0 Å². The third-order valence-corrected chi connectivity index (χ3v) is 2.83. The van der Waals surface area contributed by atoms with Crippen molar-refractivity contribution in [3.63, 3.8) is 0 Å². The smallest absolute Gasteiger partial charge is 0.0431 e. The first-order valence-electron chi connectivity index (χ1n) is 4.49. The first-order valence-corrected chi connectivity index (χ1v) is 4.49. The van der Waals surface area contributed by atoms with Gasteiger partial charge in [-0.2, -0.15) is 0 Å². The van der Waals surface area contributed by atoms with Crippen LogP contribution in [0.3, 0.4) is 0 Å². The summed E-state index contributed by atoms with van der Waals surface area (Å²) in [4.78, 5) is 0. The van der Waals surface area contributed by atoms with Gasteiger partial charge in [-0.3, -0.25) is 0 Å². The van der Waals surface area contributed by atoms with Crippen molar-refractivity contribution in [2.45, 2.75) is 39.0 Å². The first kappa shape index (κ1) is 8.06. The molecular weight excluding hydrogens is 124 g/mol. The molecule has 0 bridgehead atoms. The largest absolute Gasteiger partial charge is 0.396 e. The summed E-state index contributed by atoms with van der Waals surface area (Å²) in [6.45, 7) is 2.66. The molecule has 0 aromatic rings. The molecule has 0 unspecified atom stereocenters. The highest BCUT2D eigenvalue weighted by molar-refractivity contribution is 4.79. The normalized spacial score (nSPS) is 31.8. The van der Waals surface area contributed by atoms with Gasteiger partial charge in [-0.25, -0.2) is 0 Å². The van der Waals surface area contributed by atoms with Gasteiger partial charge in [0.05, 0.1) is 0 Å². The van der Waals surface area contributed by atoms with Crippen molar-refractivity contribution in [2.75, 3.05) is 6.61 Å². The Morgan fingerprint density at radius 3 is 2.40 bits per heavy atom. The van der Waals surface area contributed by atoms with E-state index in [1.165, 1.54) is 25.7 Å². The summed E-state index contributed by atoms with van der Waals surface area (Å²) in [5, 5.41) is 8.59. The SMILES string of the molecule is CC[C@@H]1CC[C@H]1CCCO. The lowest BCUT2D eigenvalue weighted by atomic mass is 9.70. The summed E-state index contributed by atoms with van der Waals surface area (Å²) in [5.74, 6) is 1.95. The molecule has 10 heavy (non-hydrogen) atoms. The monoisotopic (exact) mass is 142 g/mol. The van der Waals surface area contributed by atoms with Crippen molar-refractivity contribution < 1.29 is 5.11 Å². The van der Waals surface area contributed by atoms with E-state index < -0.39 is 0 Å². The van der Waals surface area contributed by atoms with Crippen molar-refractivity contribution in [2.24, 2.45) is 11.8 Å². The standard InChI is InChI=1S/C9H18O/c1-2-8-5-6-9(8)4-3-7-10/h8-10H,2-7H2,1H3/t8-,9-/m1/s1. The maximum Gasteiger partial charge on any atom is 0.0431 e. The molecule has 1 nitrogen and oxygen atoms in total. The van der Waals surface area contributed by atoms with Crippen molar-refractivity contribution in [3.8, 4) is 0 Å². The van der Waals surface area contributed by atoms with Gasteiger partial charge in [0.25, 0.3) is 0 Å². The summed E-state index contributed by atoms with van der Waals surface area (Å²) in [6.07, 6.45) is 6.47. The van der Waals surface area contributed by atoms with Gasteiger partial charge < -0.3 is 5.11 Å². The van der Waals surface area contributed by atoms with Gasteiger partial charge in [0.2, 0.25) is 0 Å². The lowest BCUT2D eigenvalue weighted by Gasteiger charge is -2.36. The fourth-order valence-corrected chi connectivity index (χ4v) is 1.91. The highest BCUT2D eigenvalue weighted by Gasteiger charge is 2.27. The molecule has 60 valence electrons. The fourth-order valence-electron chi connectivity index (χ4n) is 1.91. The number of hydrogen-bond donors (Lipinski definition) is 1. The average molecular weight is 142 g/mol. The predicted octanol–water partition coefficient (Wildman–Crippen LogP) is 2.20. The van der Waals surface area contributed by atoms with Gasteiger partial charge in [-0.1, -0.05) is 13.3 Å². The van der Waals surface area contributed by atoms with Crippen molar-refractivity contribution in [1.82, 2.24) is 0 Å². The van der Waals surface area contributed by atoms with Gasteiger partial charge in [0, 0.05) is 6.61 Å². The van der Waals surface area contributed by atoms with Crippen molar-refractivity contribution >= 4 is 0 Å². The van der Waals surface area contributed by atoms with E-state index in [4.69, 9.17) is 5.11 Å². The van der Waals surface area contributed by atoms with Gasteiger partial charge in [0.1, 0.15) is 0 Å². The summed E-state index contributed by atoms with van der Waals surface area (Å²) in [7, 11) is 0. The lowest BCUT2D eigenvalue weighted by molar-refractivity contribution is 0.144. The van der Waals surface area contributed by atoms with E-state index in [9.17, 15) is 0 Å². The highest BCUT2D eigenvalue weighted by Crippen LogP contribution is 2.39. The Balaban J connectivity index is 2.05. The number of hydrogen-bond acceptors (Lipinski definition) is 1. The minimum absolute atomic E-state index is 0.382. The molecule has 1 aliphatic rings. The minimum Gasteiger partial charge on any atom is -0.396 e. The van der Waals surface area contributed by atoms with Crippen LogP contribution in [0.2, 0.25) is 0 Å². The molecule has 0 aromatic heterocycles. The molecule has 0 aromatic carbocycles. The van der Waals surface area contributed by atoms with E-state index in [1.807, 2.05) is 0 Å². The Morgan fingerprint density at radius 1 is 1.30 bits per heavy atom. The van der Waals surface area contributed by atoms with Crippen LogP contribution in [-0.4, -0.2) is 11.7 Å². The second kappa shape index (κ2) is 3.97. The predicted molar refractivity (Wildman–Crippen MR) is 42.8 cm³/mol. The molecule has 1 aliphatic carbocycles. The van der Waals surface area contributed by atoms with Crippen LogP contribution in [0.15, 0.2) is 0 Å². The summed E-state index contributed by atoms with van der Waals surface area (Å²) >= 11 is 0. The van der Waals surface area contributed by atoms with E-state index in [2.05, 4.69) is 6.92 Å². The highest BCUT2D eigenvalue weighted by atomic mass is 16.2. The molecule has 0 saturated heterocycles. The van der Waals surface area contributed by atoms with Crippen LogP contribution in [0, 0.1) is 11.8 Å². The van der Waals surface area contributed by atoms with E-state index in [-0.39, 0.29) is 0 Å². The Bertz CT molecular complexity index is 88.7. The summed E-state index contributed by atoms with van der Waals surface area (Å²) < 4.78 is 0. The van der Waals surface area contributed by atoms with Crippen LogP contribution < -0.4 is 0 Å². The quantitative estimate of drug-likeness (QED) is 0.638. The molecule has 1 N–H and O–H groups in total. The summed E-state index contributed by atoms with van der Waals surface area (Å²) in [5.41, 5.74) is 0. The average Bonchev–Trinajstić information content (AvgIpc) is 1.88. The van der Waals surface area contributed by atoms with Crippen LogP contribution in [0.4, 0.5) is 0 Å². The van der Waals surface area contributed by atoms with E-state index >= 15 is 0 Å². The Labute approximate surface area is 63.4 Å². The second-order valence-corrected chi connectivity index (χ2v) is 3.37. The topological polar surface area (TPSA) is 20.2 Å². The number of rotatable bonds is 4. The zero-order chi connectivity index (χ0) is 7.40. The maximum absolute atomic E-state index is 8.59. The maximum atomic E-state index is 8.59. The molecule has 0 amide bonds. The molecule has 1 saturated carbocycles. The zero-order valence-corrected chi connectivity index (χ0v) is 6.84. The fraction of sp³-hybridized carbons (Fsp3) is 1.00. The van der Waals surface area contributed by atoms with Gasteiger partial charge in [-0.05, 0) is 37.5 Å². The van der Waals surface area contributed by atoms with E-state index in [0.717, 1.165) is 18.3 Å². The Morgan fingerprint density at radius 2 is 2.00 bits per heavy atom. The zero-order valence-electron chi connectivity index (χ0n) is 6.84. The van der Waals surface area contributed by atoms with Gasteiger partial charge in [0.15, 0.2) is 0 Å². The molecule has 0 heterocycles. The van der Waals surface area contributed by atoms with Crippen LogP contribution in [0.1, 0.15) is 39.0 Å². The molecule has 0 radical (unpaired) electrons. The molecule has 2 atom stereocenters. The number of aliphatic hydroxyl groups is 1. The van der Waals surface area contributed by atoms with Crippen LogP contribution in [0.5, 0.6) is 0 Å². The lowest BCUT2D eigenvalue weighted by Crippen LogP contribution is -2.25. The molecule has 0 spiro atoms. The molecule has 0 aliphatic heterocycles. The van der Waals surface area contributed by atoms with Crippen molar-refractivity contribution in [1.29, 1.82) is 0 Å². The first-order chi connectivity index (χ1) is 4.88. The molecule has 1 rings (SSSR count). The second-order valence-electron chi connectivity index (χ2n) is 3.37. The number of aliphatic hydroxyl groups excluding tert-OH is 1. The summed E-state index contributed by atoms with van der Waals surface area (Å²) in [6, 6.07) is 0. The van der Waals surface area contributed by atoms with Gasteiger partial charge >= 0.3 is 0 Å². The van der Waals surface area contributed by atoms with Crippen molar-refractivity contribution in [3.05, 3.63) is 0 Å². The molecule has 1 heteroatoms. The third kappa shape index (κ3) is 1.72. The third-order valence-electron chi connectivity index (χ3n) is 2.83. The minimum atomic E-state index is 0.382. The van der Waals surface area contributed by atoms with E-state index in [1.54, 1.807) is 0 Å². The van der Waals surface area contributed by atoms with Crippen LogP contribution in [-0.2, 0) is 0 Å². The molecule has 1 fully saturated rings. The van der Waals surface area contributed by atoms with E-state index in [0.29, 0.717) is 6.61 Å². The Hall–Kier alpha value is -0.0400. The molecular formula is C9H18O.